The molecule has 0 unspecified atom stereocenters. The topological polar surface area (TPSA) is 41.4 Å². The molecule has 3 heterocycles. The first kappa shape index (κ1) is 17.1. The van der Waals surface area contributed by atoms with E-state index in [4.69, 9.17) is 0 Å². The Bertz CT molecular complexity index is 700. The number of aryl methyl sites for hydroxylation is 1. The van der Waals surface area contributed by atoms with Crippen LogP contribution >= 0.6 is 11.3 Å². The van der Waals surface area contributed by atoms with E-state index in [0.29, 0.717) is 31.7 Å². The quantitative estimate of drug-likeness (QED) is 0.832. The van der Waals surface area contributed by atoms with Crippen LogP contribution in [-0.2, 0) is 13.6 Å². The molecule has 2 aromatic heterocycles. The average Bonchev–Trinajstić information content (AvgIpc) is 3.24. The maximum absolute atomic E-state index is 13.9. The van der Waals surface area contributed by atoms with Crippen molar-refractivity contribution in [2.45, 2.75) is 32.1 Å². The molecule has 0 bridgehead atoms. The molecular weight excluding hydrogens is 327 g/mol. The second-order valence-electron chi connectivity index (χ2n) is 6.45. The van der Waals surface area contributed by atoms with E-state index < -0.39 is 6.17 Å². The molecule has 24 heavy (non-hydrogen) atoms. The number of hydrogen-bond acceptors (Lipinski definition) is 4. The minimum atomic E-state index is -0.837. The maximum Gasteiger partial charge on any atom is 0.270 e. The van der Waals surface area contributed by atoms with Gasteiger partial charge in [0, 0.05) is 50.5 Å². The van der Waals surface area contributed by atoms with Gasteiger partial charge in [0.2, 0.25) is 0 Å². The molecule has 0 radical (unpaired) electrons. The Kier molecular flexibility index (Phi) is 5.01. The molecule has 0 saturated carbocycles. The molecular formula is C17H23FN4OS. The van der Waals surface area contributed by atoms with Crippen molar-refractivity contribution in [1.82, 2.24) is 19.4 Å². The van der Waals surface area contributed by atoms with Gasteiger partial charge in [-0.25, -0.2) is 9.37 Å². The van der Waals surface area contributed by atoms with Crippen LogP contribution in [-0.4, -0.2) is 57.6 Å². The highest BCUT2D eigenvalue weighted by molar-refractivity contribution is 7.09. The summed E-state index contributed by atoms with van der Waals surface area (Å²) in [4.78, 5) is 20.7. The van der Waals surface area contributed by atoms with Crippen LogP contribution in [0.3, 0.4) is 0 Å². The van der Waals surface area contributed by atoms with Crippen LogP contribution < -0.4 is 0 Å². The normalized spacial score (nSPS) is 21.3. The molecule has 7 heteroatoms. The highest BCUT2D eigenvalue weighted by Crippen LogP contribution is 2.24. The summed E-state index contributed by atoms with van der Waals surface area (Å²) >= 11 is 1.58. The van der Waals surface area contributed by atoms with Gasteiger partial charge < -0.3 is 9.47 Å². The van der Waals surface area contributed by atoms with Crippen molar-refractivity contribution in [2.24, 2.45) is 7.05 Å². The number of carbonyl (C=O) groups excluding carboxylic acids is 1. The molecule has 2 aromatic rings. The maximum atomic E-state index is 13.9. The van der Waals surface area contributed by atoms with Gasteiger partial charge in [-0.1, -0.05) is 0 Å². The summed E-state index contributed by atoms with van der Waals surface area (Å²) < 4.78 is 15.8. The zero-order chi connectivity index (χ0) is 17.3. The molecule has 0 aromatic carbocycles. The minimum absolute atomic E-state index is 0.0258. The van der Waals surface area contributed by atoms with Crippen LogP contribution in [0.5, 0.6) is 0 Å². The predicted molar refractivity (Wildman–Crippen MR) is 92.9 cm³/mol. The molecule has 1 saturated heterocycles. The number of amides is 1. The van der Waals surface area contributed by atoms with Crippen LogP contribution in [0.25, 0.3) is 0 Å². The molecule has 0 aliphatic carbocycles. The van der Waals surface area contributed by atoms with Crippen molar-refractivity contribution in [3.63, 3.8) is 0 Å². The number of nitrogens with zero attached hydrogens (tertiary/aromatic N) is 4. The number of alkyl halides is 1. The van der Waals surface area contributed by atoms with E-state index in [1.54, 1.807) is 29.5 Å². The van der Waals surface area contributed by atoms with Gasteiger partial charge in [0.1, 0.15) is 16.9 Å². The Hall–Kier alpha value is -1.73. The molecule has 2 atom stereocenters. The Balaban J connectivity index is 1.66. The van der Waals surface area contributed by atoms with Crippen LogP contribution in [0.15, 0.2) is 23.7 Å². The lowest BCUT2D eigenvalue weighted by atomic mass is 10.2. The third-order valence-corrected chi connectivity index (χ3v) is 5.49. The lowest BCUT2D eigenvalue weighted by Crippen LogP contribution is -2.41. The third kappa shape index (κ3) is 3.52. The van der Waals surface area contributed by atoms with Crippen molar-refractivity contribution in [3.8, 4) is 0 Å². The van der Waals surface area contributed by atoms with E-state index in [2.05, 4.69) is 9.88 Å². The summed E-state index contributed by atoms with van der Waals surface area (Å²) in [5.74, 6) is -0.0258. The number of thiazole rings is 1. The van der Waals surface area contributed by atoms with Gasteiger partial charge in [-0.3, -0.25) is 9.69 Å². The highest BCUT2D eigenvalue weighted by Gasteiger charge is 2.34. The smallest absolute Gasteiger partial charge is 0.270 e. The molecule has 0 N–H and O–H groups in total. The molecule has 0 spiro atoms. The van der Waals surface area contributed by atoms with Crippen LogP contribution in [0.4, 0.5) is 4.39 Å². The fourth-order valence-corrected chi connectivity index (χ4v) is 3.87. The van der Waals surface area contributed by atoms with E-state index in [-0.39, 0.29) is 11.9 Å². The zero-order valence-corrected chi connectivity index (χ0v) is 15.1. The lowest BCUT2D eigenvalue weighted by molar-refractivity contribution is 0.0740. The van der Waals surface area contributed by atoms with Gasteiger partial charge in [-0.15, -0.1) is 11.3 Å². The molecule has 3 rings (SSSR count). The second-order valence-corrected chi connectivity index (χ2v) is 7.43. The summed E-state index contributed by atoms with van der Waals surface area (Å²) in [7, 11) is 3.68. The Morgan fingerprint density at radius 2 is 2.29 bits per heavy atom. The lowest BCUT2D eigenvalue weighted by Gasteiger charge is -2.28. The van der Waals surface area contributed by atoms with Gasteiger partial charge in [0.25, 0.3) is 5.91 Å². The number of carbonyl (C=O) groups is 1. The fourth-order valence-electron chi connectivity index (χ4n) is 3.23. The van der Waals surface area contributed by atoms with Gasteiger partial charge in [0.15, 0.2) is 0 Å². The van der Waals surface area contributed by atoms with Gasteiger partial charge in [-0.05, 0) is 25.5 Å². The number of aromatic nitrogens is 2. The van der Waals surface area contributed by atoms with Crippen LogP contribution in [0, 0.1) is 6.92 Å². The third-order valence-electron chi connectivity index (χ3n) is 4.72. The van der Waals surface area contributed by atoms with Crippen molar-refractivity contribution >= 4 is 17.2 Å². The largest absolute Gasteiger partial charge is 0.344 e. The van der Waals surface area contributed by atoms with Gasteiger partial charge in [-0.2, -0.15) is 0 Å². The van der Waals surface area contributed by atoms with Gasteiger partial charge >= 0.3 is 0 Å². The fraction of sp³-hybridized carbons (Fsp3) is 0.529. The number of likely N-dealkylation sites (N-methyl/N-ethyl adjacent to an activating group) is 1. The summed E-state index contributed by atoms with van der Waals surface area (Å²) in [5, 5.41) is 2.92. The van der Waals surface area contributed by atoms with Crippen molar-refractivity contribution in [1.29, 1.82) is 0 Å². The number of hydrogen-bond donors (Lipinski definition) is 0. The first-order chi connectivity index (χ1) is 11.5. The van der Waals surface area contributed by atoms with Crippen LogP contribution in [0.1, 0.15) is 27.6 Å². The summed E-state index contributed by atoms with van der Waals surface area (Å²) in [6, 6.07) is 3.80. The second kappa shape index (κ2) is 7.03. The number of rotatable bonds is 5. The van der Waals surface area contributed by atoms with E-state index >= 15 is 0 Å². The first-order valence-electron chi connectivity index (χ1n) is 8.10. The van der Waals surface area contributed by atoms with E-state index in [0.717, 1.165) is 10.7 Å². The predicted octanol–water partition coefficient (Wildman–Crippen LogP) is 2.47. The Labute approximate surface area is 145 Å². The molecule has 130 valence electrons. The number of likely N-dealkylation sites (tertiary alicyclic amines) is 1. The first-order valence-corrected chi connectivity index (χ1v) is 8.98. The monoisotopic (exact) mass is 350 g/mol. The SMILES string of the molecule is Cc1ccc(C(=O)N(C)C[C@@H]2C[C@H](F)CN2Cc2nccs2)n1C. The molecule has 1 amide bonds. The Morgan fingerprint density at radius 3 is 2.92 bits per heavy atom. The summed E-state index contributed by atoms with van der Waals surface area (Å²) in [5.41, 5.74) is 1.71. The van der Waals surface area contributed by atoms with Crippen molar-refractivity contribution in [2.75, 3.05) is 20.1 Å². The molecule has 1 aliphatic heterocycles. The zero-order valence-electron chi connectivity index (χ0n) is 14.3. The van der Waals surface area contributed by atoms with Crippen LogP contribution in [0.2, 0.25) is 0 Å². The van der Waals surface area contributed by atoms with Crippen molar-refractivity contribution < 1.29 is 9.18 Å². The minimum Gasteiger partial charge on any atom is -0.344 e. The molecule has 1 fully saturated rings. The standard InChI is InChI=1S/C17H23FN4OS/c1-12-4-5-15(21(12)3)17(23)20(2)10-14-8-13(18)9-22(14)11-16-19-6-7-24-16/h4-7,13-14H,8-11H2,1-3H3/t13-,14-/m0/s1. The van der Waals surface area contributed by atoms with Gasteiger partial charge in [0.05, 0.1) is 6.54 Å². The molecule has 1 aliphatic rings. The van der Waals surface area contributed by atoms with E-state index in [9.17, 15) is 9.18 Å². The number of halogens is 1. The Morgan fingerprint density at radius 1 is 1.50 bits per heavy atom. The molecule has 5 nitrogen and oxygen atoms in total. The summed E-state index contributed by atoms with van der Waals surface area (Å²) in [6.45, 7) is 3.55. The van der Waals surface area contributed by atoms with E-state index in [1.807, 2.05) is 36.1 Å². The average molecular weight is 350 g/mol. The summed E-state index contributed by atoms with van der Waals surface area (Å²) in [6.07, 6.45) is 1.40. The van der Waals surface area contributed by atoms with Crippen molar-refractivity contribution in [3.05, 3.63) is 40.1 Å². The van der Waals surface area contributed by atoms with E-state index in [1.165, 1.54) is 0 Å². The highest BCUT2D eigenvalue weighted by atomic mass is 32.1.